The Labute approximate surface area is 167 Å². The fourth-order valence-corrected chi connectivity index (χ4v) is 4.05. The molecule has 0 atom stereocenters. The van der Waals surface area contributed by atoms with Gasteiger partial charge in [0.2, 0.25) is 0 Å². The lowest BCUT2D eigenvalue weighted by atomic mass is 9.98. The van der Waals surface area contributed by atoms with E-state index in [1.807, 2.05) is 17.2 Å². The van der Waals surface area contributed by atoms with Crippen LogP contribution in [0.15, 0.2) is 30.6 Å². The summed E-state index contributed by atoms with van der Waals surface area (Å²) >= 11 is 1.55. The molecule has 1 aliphatic rings. The lowest BCUT2D eigenvalue weighted by Crippen LogP contribution is -2.41. The molecule has 0 spiro atoms. The van der Waals surface area contributed by atoms with Crippen LogP contribution in [-0.2, 0) is 12.0 Å². The van der Waals surface area contributed by atoms with Gasteiger partial charge in [0.1, 0.15) is 15.7 Å². The maximum absolute atomic E-state index is 12.5. The number of carbonyl (C=O) groups excluding carboxylic acids is 1. The Hall–Kier alpha value is -2.74. The van der Waals surface area contributed by atoms with Crippen LogP contribution < -0.4 is 5.32 Å². The number of hydrogen-bond acceptors (Lipinski definition) is 5. The standard InChI is InChI=1S/C20H24N6OS/c1-20(2,3)18-25-24-16(28-18)12-23-19(27)26-9-6-13(7-10-26)15-11-22-17-14(15)5-4-8-21-17/h4-6,8,11H,7,9-10,12H2,1-3H3,(H,21,22)(H,23,27). The van der Waals surface area contributed by atoms with Crippen molar-refractivity contribution in [1.29, 1.82) is 0 Å². The normalized spacial score (nSPS) is 15.0. The summed E-state index contributed by atoms with van der Waals surface area (Å²) in [4.78, 5) is 21.9. The first-order chi connectivity index (χ1) is 13.4. The van der Waals surface area contributed by atoms with Crippen molar-refractivity contribution in [1.82, 2.24) is 30.4 Å². The molecule has 2 amide bonds. The van der Waals surface area contributed by atoms with E-state index in [4.69, 9.17) is 0 Å². The summed E-state index contributed by atoms with van der Waals surface area (Å²) in [7, 11) is 0. The van der Waals surface area contributed by atoms with Crippen LogP contribution in [0.4, 0.5) is 4.79 Å². The van der Waals surface area contributed by atoms with Gasteiger partial charge >= 0.3 is 6.03 Å². The Bertz CT molecular complexity index is 1030. The van der Waals surface area contributed by atoms with Crippen molar-refractivity contribution in [2.75, 3.05) is 13.1 Å². The summed E-state index contributed by atoms with van der Waals surface area (Å²) in [5, 5.41) is 14.3. The van der Waals surface area contributed by atoms with Crippen LogP contribution in [0.2, 0.25) is 0 Å². The van der Waals surface area contributed by atoms with Crippen molar-refractivity contribution < 1.29 is 4.79 Å². The Balaban J connectivity index is 1.36. The number of nitrogens with one attached hydrogen (secondary N) is 2. The number of amides is 2. The van der Waals surface area contributed by atoms with Crippen molar-refractivity contribution in [2.24, 2.45) is 0 Å². The van der Waals surface area contributed by atoms with Gasteiger partial charge in [0.05, 0.1) is 6.54 Å². The quantitative estimate of drug-likeness (QED) is 0.706. The summed E-state index contributed by atoms with van der Waals surface area (Å²) in [5.74, 6) is 0. The van der Waals surface area contributed by atoms with E-state index in [2.05, 4.69) is 58.4 Å². The highest BCUT2D eigenvalue weighted by Crippen LogP contribution is 2.28. The van der Waals surface area contributed by atoms with Gasteiger partial charge in [-0.2, -0.15) is 0 Å². The average molecular weight is 397 g/mol. The van der Waals surface area contributed by atoms with Gasteiger partial charge in [-0.15, -0.1) is 10.2 Å². The summed E-state index contributed by atoms with van der Waals surface area (Å²) in [6.45, 7) is 8.02. The molecule has 4 rings (SSSR count). The molecule has 3 aromatic heterocycles. The first-order valence-corrected chi connectivity index (χ1v) is 10.2. The second kappa shape index (κ2) is 7.35. The zero-order chi connectivity index (χ0) is 19.7. The second-order valence-corrected chi connectivity index (χ2v) is 9.00. The van der Waals surface area contributed by atoms with Crippen LogP contribution in [0.25, 0.3) is 16.6 Å². The van der Waals surface area contributed by atoms with Crippen molar-refractivity contribution >= 4 is 34.0 Å². The SMILES string of the molecule is CC(C)(C)c1nnc(CNC(=O)N2CC=C(c3c[nH]c4ncccc34)CC2)s1. The molecule has 0 unspecified atom stereocenters. The number of pyridine rings is 1. The van der Waals surface area contributed by atoms with Crippen LogP contribution in [0.3, 0.4) is 0 Å². The van der Waals surface area contributed by atoms with Crippen LogP contribution in [0.1, 0.15) is 42.8 Å². The van der Waals surface area contributed by atoms with E-state index in [-0.39, 0.29) is 11.4 Å². The minimum Gasteiger partial charge on any atom is -0.346 e. The summed E-state index contributed by atoms with van der Waals surface area (Å²) in [6.07, 6.45) is 6.73. The third-order valence-corrected chi connectivity index (χ3v) is 6.14. The predicted molar refractivity (Wildman–Crippen MR) is 111 cm³/mol. The van der Waals surface area contributed by atoms with Gasteiger partial charge in [0.15, 0.2) is 0 Å². The molecule has 0 saturated carbocycles. The minimum atomic E-state index is -0.0663. The monoisotopic (exact) mass is 396 g/mol. The number of H-pyrrole nitrogens is 1. The van der Waals surface area contributed by atoms with Gasteiger partial charge in [-0.25, -0.2) is 9.78 Å². The minimum absolute atomic E-state index is 0.0219. The van der Waals surface area contributed by atoms with Crippen molar-refractivity contribution in [3.05, 3.63) is 46.2 Å². The molecule has 4 heterocycles. The molecule has 28 heavy (non-hydrogen) atoms. The number of aromatic amines is 1. The molecule has 0 radical (unpaired) electrons. The van der Waals surface area contributed by atoms with E-state index in [0.29, 0.717) is 19.6 Å². The Kier molecular flexibility index (Phi) is 4.89. The van der Waals surface area contributed by atoms with Crippen LogP contribution in [-0.4, -0.2) is 44.2 Å². The zero-order valence-electron chi connectivity index (χ0n) is 16.3. The summed E-state index contributed by atoms with van der Waals surface area (Å²) in [5.41, 5.74) is 3.30. The number of carbonyl (C=O) groups is 1. The first-order valence-electron chi connectivity index (χ1n) is 9.39. The molecule has 8 heteroatoms. The molecule has 0 saturated heterocycles. The molecule has 146 valence electrons. The highest BCUT2D eigenvalue weighted by Gasteiger charge is 2.21. The lowest BCUT2D eigenvalue weighted by molar-refractivity contribution is 0.202. The van der Waals surface area contributed by atoms with Crippen molar-refractivity contribution in [3.8, 4) is 0 Å². The molecule has 1 aliphatic heterocycles. The Morgan fingerprint density at radius 2 is 2.21 bits per heavy atom. The average Bonchev–Trinajstić information content (AvgIpc) is 3.33. The molecule has 0 aliphatic carbocycles. The zero-order valence-corrected chi connectivity index (χ0v) is 17.1. The third-order valence-electron chi connectivity index (χ3n) is 4.79. The predicted octanol–water partition coefficient (Wildman–Crippen LogP) is 3.71. The first kappa shape index (κ1) is 18.6. The molecular weight excluding hydrogens is 372 g/mol. The van der Waals surface area contributed by atoms with Gasteiger partial charge in [0.25, 0.3) is 0 Å². The summed E-state index contributed by atoms with van der Waals surface area (Å²) in [6, 6.07) is 3.95. The van der Waals surface area contributed by atoms with E-state index >= 15 is 0 Å². The lowest BCUT2D eigenvalue weighted by Gasteiger charge is -2.26. The van der Waals surface area contributed by atoms with Gasteiger partial charge in [-0.1, -0.05) is 38.2 Å². The maximum Gasteiger partial charge on any atom is 0.318 e. The summed E-state index contributed by atoms with van der Waals surface area (Å²) < 4.78 is 0. The highest BCUT2D eigenvalue weighted by molar-refractivity contribution is 7.11. The fraction of sp³-hybridized carbons (Fsp3) is 0.400. The molecule has 2 N–H and O–H groups in total. The van der Waals surface area contributed by atoms with E-state index in [1.54, 1.807) is 17.5 Å². The molecule has 3 aromatic rings. The van der Waals surface area contributed by atoms with Crippen LogP contribution in [0.5, 0.6) is 0 Å². The van der Waals surface area contributed by atoms with E-state index in [1.165, 1.54) is 11.1 Å². The van der Waals surface area contributed by atoms with Crippen LogP contribution in [0, 0.1) is 0 Å². The smallest absolute Gasteiger partial charge is 0.318 e. The van der Waals surface area contributed by atoms with Crippen molar-refractivity contribution in [2.45, 2.75) is 39.2 Å². The number of aromatic nitrogens is 4. The molecule has 7 nitrogen and oxygen atoms in total. The highest BCUT2D eigenvalue weighted by atomic mass is 32.1. The number of hydrogen-bond donors (Lipinski definition) is 2. The van der Waals surface area contributed by atoms with E-state index < -0.39 is 0 Å². The van der Waals surface area contributed by atoms with Gasteiger partial charge in [0, 0.05) is 41.8 Å². The van der Waals surface area contributed by atoms with Gasteiger partial charge in [-0.05, 0) is 24.1 Å². The van der Waals surface area contributed by atoms with E-state index in [0.717, 1.165) is 27.5 Å². The number of nitrogens with zero attached hydrogens (tertiary/aromatic N) is 4. The largest absolute Gasteiger partial charge is 0.346 e. The molecule has 0 fully saturated rings. The number of urea groups is 1. The number of fused-ring (bicyclic) bond motifs is 1. The number of rotatable bonds is 3. The molecule has 0 bridgehead atoms. The maximum atomic E-state index is 12.5. The topological polar surface area (TPSA) is 86.8 Å². The van der Waals surface area contributed by atoms with Gasteiger partial charge < -0.3 is 15.2 Å². The Morgan fingerprint density at radius 3 is 2.93 bits per heavy atom. The van der Waals surface area contributed by atoms with Gasteiger partial charge in [-0.3, -0.25) is 0 Å². The molecule has 0 aromatic carbocycles. The fourth-order valence-electron chi connectivity index (χ4n) is 3.21. The van der Waals surface area contributed by atoms with Crippen molar-refractivity contribution in [3.63, 3.8) is 0 Å². The third kappa shape index (κ3) is 3.77. The van der Waals surface area contributed by atoms with Crippen LogP contribution >= 0.6 is 11.3 Å². The Morgan fingerprint density at radius 1 is 1.36 bits per heavy atom. The second-order valence-electron chi connectivity index (χ2n) is 7.94. The molecular formula is C20H24N6OS. The van der Waals surface area contributed by atoms with E-state index in [9.17, 15) is 4.79 Å².